The van der Waals surface area contributed by atoms with Gasteiger partial charge in [0.25, 0.3) is 5.91 Å². The molecule has 2 aromatic carbocycles. The third-order valence-corrected chi connectivity index (χ3v) is 7.14. The first-order valence-corrected chi connectivity index (χ1v) is 11.4. The molecule has 2 aromatic rings. The maximum Gasteiger partial charge on any atom is 0.279 e. The van der Waals surface area contributed by atoms with Gasteiger partial charge in [-0.05, 0) is 50.1 Å². The molecule has 0 saturated carbocycles. The van der Waals surface area contributed by atoms with Crippen LogP contribution in [0.2, 0.25) is 0 Å². The predicted molar refractivity (Wildman–Crippen MR) is 116 cm³/mol. The van der Waals surface area contributed by atoms with E-state index < -0.39 is 10.0 Å². The van der Waals surface area contributed by atoms with Crippen LogP contribution in [0.25, 0.3) is 0 Å². The van der Waals surface area contributed by atoms with E-state index in [1.54, 1.807) is 12.1 Å². The molecule has 0 aliphatic carbocycles. The van der Waals surface area contributed by atoms with E-state index in [9.17, 15) is 13.2 Å². The van der Waals surface area contributed by atoms with Crippen molar-refractivity contribution in [2.75, 3.05) is 25.0 Å². The zero-order valence-electron chi connectivity index (χ0n) is 17.9. The molecule has 158 valence electrons. The number of amides is 1. The summed E-state index contributed by atoms with van der Waals surface area (Å²) in [5.41, 5.74) is 3.94. The van der Waals surface area contributed by atoms with E-state index in [-0.39, 0.29) is 18.5 Å². The number of carbonyl (C=O) groups excluding carboxylic acids is 1. The maximum absolute atomic E-state index is 12.6. The Morgan fingerprint density at radius 3 is 2.28 bits per heavy atom. The van der Waals surface area contributed by atoms with Gasteiger partial charge in [-0.15, -0.1) is 0 Å². The van der Waals surface area contributed by atoms with Gasteiger partial charge in [0.1, 0.15) is 6.04 Å². The number of quaternary nitrogens is 1. The van der Waals surface area contributed by atoms with Gasteiger partial charge in [-0.3, -0.25) is 4.79 Å². The zero-order valence-corrected chi connectivity index (χ0v) is 18.7. The van der Waals surface area contributed by atoms with Crippen LogP contribution < -0.4 is 10.6 Å². The van der Waals surface area contributed by atoms with Crippen LogP contribution in [0.1, 0.15) is 43.5 Å². The molecule has 0 heterocycles. The summed E-state index contributed by atoms with van der Waals surface area (Å²) in [5, 5.41) is 4.90. The van der Waals surface area contributed by atoms with E-state index in [2.05, 4.69) is 5.32 Å². The average molecular weight is 419 g/mol. The first-order chi connectivity index (χ1) is 13.7. The van der Waals surface area contributed by atoms with Crippen molar-refractivity contribution in [1.82, 2.24) is 4.31 Å². The summed E-state index contributed by atoms with van der Waals surface area (Å²) in [6.45, 7) is 10.8. The highest BCUT2D eigenvalue weighted by Gasteiger charge is 2.22. The Bertz CT molecular complexity index is 936. The molecule has 0 fully saturated rings. The lowest BCUT2D eigenvalue weighted by Gasteiger charge is -2.19. The van der Waals surface area contributed by atoms with Crippen molar-refractivity contribution in [3.63, 3.8) is 0 Å². The number of nitrogens with two attached hydrogens (primary N) is 1. The summed E-state index contributed by atoms with van der Waals surface area (Å²) in [6.07, 6.45) is 0. The second-order valence-electron chi connectivity index (χ2n) is 7.25. The number of hydrogen-bond acceptors (Lipinski definition) is 3. The van der Waals surface area contributed by atoms with E-state index >= 15 is 0 Å². The maximum atomic E-state index is 12.6. The Balaban J connectivity index is 1.98. The molecule has 0 radical (unpaired) electrons. The van der Waals surface area contributed by atoms with Gasteiger partial charge in [-0.1, -0.05) is 38.1 Å². The van der Waals surface area contributed by atoms with Crippen LogP contribution in [-0.2, 0) is 14.8 Å². The Morgan fingerprint density at radius 2 is 1.69 bits per heavy atom. The fourth-order valence-electron chi connectivity index (χ4n) is 3.15. The van der Waals surface area contributed by atoms with Crippen LogP contribution >= 0.6 is 0 Å². The Labute approximate surface area is 174 Å². The minimum Gasteiger partial charge on any atom is -0.333 e. The van der Waals surface area contributed by atoms with Crippen LogP contribution in [0.4, 0.5) is 5.69 Å². The fraction of sp³-hybridized carbons (Fsp3) is 0.409. The summed E-state index contributed by atoms with van der Waals surface area (Å²) in [4.78, 5) is 12.6. The molecule has 2 rings (SSSR count). The average Bonchev–Trinajstić information content (AvgIpc) is 2.69. The third-order valence-electron chi connectivity index (χ3n) is 5.07. The molecular formula is C22H32N3O3S+. The topological polar surface area (TPSA) is 83.1 Å². The van der Waals surface area contributed by atoms with Crippen LogP contribution in [0.5, 0.6) is 0 Å². The highest BCUT2D eigenvalue weighted by Crippen LogP contribution is 2.18. The number of benzene rings is 2. The fourth-order valence-corrected chi connectivity index (χ4v) is 4.61. The van der Waals surface area contributed by atoms with Crippen molar-refractivity contribution in [3.8, 4) is 0 Å². The minimum absolute atomic E-state index is 0.0320. The second kappa shape index (κ2) is 10.0. The summed E-state index contributed by atoms with van der Waals surface area (Å²) in [7, 11) is -3.45. The zero-order chi connectivity index (χ0) is 21.6. The van der Waals surface area contributed by atoms with E-state index in [4.69, 9.17) is 0 Å². The van der Waals surface area contributed by atoms with Crippen LogP contribution in [-0.4, -0.2) is 38.3 Å². The molecular weight excluding hydrogens is 386 g/mol. The van der Waals surface area contributed by atoms with Crippen molar-refractivity contribution in [2.45, 2.75) is 45.6 Å². The first kappa shape index (κ1) is 23.1. The summed E-state index contributed by atoms with van der Waals surface area (Å²) in [5.74, 6) is -0.0636. The number of aryl methyl sites for hydroxylation is 2. The summed E-state index contributed by atoms with van der Waals surface area (Å²) in [6, 6.07) is 12.9. The molecule has 0 unspecified atom stereocenters. The van der Waals surface area contributed by atoms with Gasteiger partial charge in [0, 0.05) is 24.3 Å². The van der Waals surface area contributed by atoms with E-state index in [0.717, 1.165) is 22.4 Å². The van der Waals surface area contributed by atoms with E-state index in [1.807, 2.05) is 70.3 Å². The minimum atomic E-state index is -3.45. The van der Waals surface area contributed by atoms with Crippen LogP contribution in [0.3, 0.4) is 0 Å². The normalized spacial score (nSPS) is 12.8. The lowest BCUT2D eigenvalue weighted by Crippen LogP contribution is -2.86. The lowest BCUT2D eigenvalue weighted by atomic mass is 10.1. The van der Waals surface area contributed by atoms with E-state index in [1.165, 1.54) is 4.31 Å². The number of anilines is 1. The second-order valence-corrected chi connectivity index (χ2v) is 9.19. The van der Waals surface area contributed by atoms with Crippen molar-refractivity contribution < 1.29 is 18.5 Å². The standard InChI is InChI=1S/C22H31N3O3S/c1-6-25(7-2)29(27,28)20-12-10-19(11-13-20)18(5)23-15-22(26)24-21-14-16(3)8-9-17(21)4/h8-14,18,23H,6-7,15H2,1-5H3,(H,24,26)/p+1/t18-/m1/s1. The molecule has 0 bridgehead atoms. The van der Waals surface area contributed by atoms with Crippen molar-refractivity contribution in [3.05, 3.63) is 59.2 Å². The van der Waals surface area contributed by atoms with Gasteiger partial charge < -0.3 is 10.6 Å². The van der Waals surface area contributed by atoms with Crippen LogP contribution in [0.15, 0.2) is 47.4 Å². The summed E-state index contributed by atoms with van der Waals surface area (Å²) < 4.78 is 26.6. The highest BCUT2D eigenvalue weighted by molar-refractivity contribution is 7.89. The number of rotatable bonds is 9. The number of nitrogens with zero attached hydrogens (tertiary/aromatic N) is 1. The predicted octanol–water partition coefficient (Wildman–Crippen LogP) is 2.60. The van der Waals surface area contributed by atoms with Gasteiger partial charge in [0.2, 0.25) is 10.0 Å². The van der Waals surface area contributed by atoms with Gasteiger partial charge in [-0.2, -0.15) is 4.31 Å². The van der Waals surface area contributed by atoms with Crippen LogP contribution in [0, 0.1) is 13.8 Å². The lowest BCUT2D eigenvalue weighted by molar-refractivity contribution is -0.682. The molecule has 0 spiro atoms. The monoisotopic (exact) mass is 418 g/mol. The number of nitrogens with one attached hydrogen (secondary N) is 1. The Hall–Kier alpha value is -2.22. The highest BCUT2D eigenvalue weighted by atomic mass is 32.2. The van der Waals surface area contributed by atoms with Gasteiger partial charge in [0.15, 0.2) is 6.54 Å². The number of carbonyl (C=O) groups is 1. The molecule has 6 nitrogen and oxygen atoms in total. The third kappa shape index (κ3) is 5.88. The molecule has 1 amide bonds. The number of sulfonamides is 1. The smallest absolute Gasteiger partial charge is 0.279 e. The Morgan fingerprint density at radius 1 is 1.07 bits per heavy atom. The molecule has 1 atom stereocenters. The quantitative estimate of drug-likeness (QED) is 0.657. The first-order valence-electron chi connectivity index (χ1n) is 9.99. The Kier molecular flexibility index (Phi) is 7.96. The van der Waals surface area contributed by atoms with Crippen molar-refractivity contribution in [1.29, 1.82) is 0 Å². The van der Waals surface area contributed by atoms with E-state index in [0.29, 0.717) is 18.0 Å². The molecule has 7 heteroatoms. The molecule has 29 heavy (non-hydrogen) atoms. The largest absolute Gasteiger partial charge is 0.333 e. The molecule has 0 aliphatic heterocycles. The molecule has 0 saturated heterocycles. The van der Waals surface area contributed by atoms with Crippen molar-refractivity contribution >= 4 is 21.6 Å². The molecule has 0 aliphatic rings. The molecule has 3 N–H and O–H groups in total. The van der Waals surface area contributed by atoms with Crippen molar-refractivity contribution in [2.24, 2.45) is 0 Å². The molecule has 0 aromatic heterocycles. The van der Waals surface area contributed by atoms with Gasteiger partial charge in [-0.25, -0.2) is 8.42 Å². The van der Waals surface area contributed by atoms with Gasteiger partial charge in [0.05, 0.1) is 4.90 Å². The van der Waals surface area contributed by atoms with Gasteiger partial charge >= 0.3 is 0 Å². The SMILES string of the molecule is CCN(CC)S(=O)(=O)c1ccc([C@@H](C)[NH2+]CC(=O)Nc2cc(C)ccc2C)cc1. The number of hydrogen-bond donors (Lipinski definition) is 2. The summed E-state index contributed by atoms with van der Waals surface area (Å²) >= 11 is 0.